The number of primary sulfonamides is 1. The minimum Gasteiger partial charge on any atom is -0.378 e. The van der Waals surface area contributed by atoms with E-state index < -0.39 is 10.0 Å². The second-order valence-electron chi connectivity index (χ2n) is 5.39. The van der Waals surface area contributed by atoms with Gasteiger partial charge >= 0.3 is 0 Å². The van der Waals surface area contributed by atoms with Crippen molar-refractivity contribution >= 4 is 27.0 Å². The van der Waals surface area contributed by atoms with E-state index in [0.29, 0.717) is 11.6 Å². The van der Waals surface area contributed by atoms with E-state index in [2.05, 4.69) is 16.8 Å². The average Bonchev–Trinajstić information content (AvgIpc) is 2.89. The van der Waals surface area contributed by atoms with Crippen LogP contribution >= 0.6 is 11.3 Å². The SMILES string of the molecule is NS(=O)(=O)Cc1ccc(NC2CCCc3sccc32)cc1. The molecule has 1 aromatic heterocycles. The summed E-state index contributed by atoms with van der Waals surface area (Å²) in [7, 11) is -3.47. The van der Waals surface area contributed by atoms with Gasteiger partial charge in [-0.05, 0) is 54.0 Å². The molecule has 1 unspecified atom stereocenters. The van der Waals surface area contributed by atoms with E-state index in [9.17, 15) is 8.42 Å². The minimum atomic E-state index is -3.47. The van der Waals surface area contributed by atoms with Crippen LogP contribution in [0.25, 0.3) is 0 Å². The Morgan fingerprint density at radius 2 is 2.00 bits per heavy atom. The van der Waals surface area contributed by atoms with E-state index in [0.717, 1.165) is 12.1 Å². The predicted octanol–water partition coefficient (Wildman–Crippen LogP) is 3.03. The maximum Gasteiger partial charge on any atom is 0.213 e. The van der Waals surface area contributed by atoms with Gasteiger partial charge in [-0.25, -0.2) is 13.6 Å². The number of hydrogen-bond acceptors (Lipinski definition) is 4. The Morgan fingerprint density at radius 1 is 1.24 bits per heavy atom. The maximum absolute atomic E-state index is 11.1. The molecule has 3 rings (SSSR count). The third kappa shape index (κ3) is 3.64. The van der Waals surface area contributed by atoms with E-state index in [-0.39, 0.29) is 5.75 Å². The van der Waals surface area contributed by atoms with Gasteiger partial charge in [0.05, 0.1) is 11.8 Å². The maximum atomic E-state index is 11.1. The first-order valence-corrected chi connectivity index (χ1v) is 9.53. The number of hydrogen-bond donors (Lipinski definition) is 2. The second-order valence-corrected chi connectivity index (χ2v) is 8.01. The zero-order valence-electron chi connectivity index (χ0n) is 11.6. The molecule has 0 saturated carbocycles. The van der Waals surface area contributed by atoms with Gasteiger partial charge in [0.25, 0.3) is 0 Å². The number of nitrogens with two attached hydrogens (primary N) is 1. The fraction of sp³-hybridized carbons (Fsp3) is 0.333. The summed E-state index contributed by atoms with van der Waals surface area (Å²) in [4.78, 5) is 1.48. The van der Waals surface area contributed by atoms with Crippen LogP contribution in [0.1, 0.15) is 34.9 Å². The molecule has 4 nitrogen and oxygen atoms in total. The molecule has 1 aliphatic carbocycles. The molecule has 21 heavy (non-hydrogen) atoms. The van der Waals surface area contributed by atoms with Crippen molar-refractivity contribution in [2.45, 2.75) is 31.1 Å². The molecule has 0 bridgehead atoms. The number of rotatable bonds is 4. The second kappa shape index (κ2) is 5.79. The van der Waals surface area contributed by atoms with Crippen LogP contribution in [-0.2, 0) is 22.2 Å². The van der Waals surface area contributed by atoms with Crippen LogP contribution < -0.4 is 10.5 Å². The van der Waals surface area contributed by atoms with Crippen LogP contribution in [0.2, 0.25) is 0 Å². The number of fused-ring (bicyclic) bond motifs is 1. The first kappa shape index (κ1) is 14.6. The number of sulfonamides is 1. The topological polar surface area (TPSA) is 72.2 Å². The lowest BCUT2D eigenvalue weighted by Crippen LogP contribution is -2.16. The quantitative estimate of drug-likeness (QED) is 0.909. The van der Waals surface area contributed by atoms with Crippen molar-refractivity contribution in [3.05, 3.63) is 51.7 Å². The van der Waals surface area contributed by atoms with Gasteiger partial charge in [0.15, 0.2) is 0 Å². The molecule has 0 saturated heterocycles. The lowest BCUT2D eigenvalue weighted by Gasteiger charge is -2.24. The van der Waals surface area contributed by atoms with Gasteiger partial charge in [0, 0.05) is 10.6 Å². The highest BCUT2D eigenvalue weighted by atomic mass is 32.2. The molecular weight excluding hydrogens is 304 g/mol. The van der Waals surface area contributed by atoms with Crippen LogP contribution in [0.5, 0.6) is 0 Å². The Morgan fingerprint density at radius 3 is 2.71 bits per heavy atom. The van der Waals surface area contributed by atoms with Gasteiger partial charge in [-0.2, -0.15) is 0 Å². The number of aryl methyl sites for hydroxylation is 1. The molecule has 1 heterocycles. The highest BCUT2D eigenvalue weighted by molar-refractivity contribution is 7.88. The molecule has 112 valence electrons. The molecule has 0 radical (unpaired) electrons. The van der Waals surface area contributed by atoms with Crippen molar-refractivity contribution in [1.82, 2.24) is 0 Å². The number of benzene rings is 1. The Hall–Kier alpha value is -1.37. The predicted molar refractivity (Wildman–Crippen MR) is 86.9 cm³/mol. The molecule has 0 amide bonds. The summed E-state index contributed by atoms with van der Waals surface area (Å²) in [6, 6.07) is 10.0. The lowest BCUT2D eigenvalue weighted by molar-refractivity contribution is 0.597. The van der Waals surface area contributed by atoms with Gasteiger partial charge in [-0.3, -0.25) is 0 Å². The van der Waals surface area contributed by atoms with Crippen molar-refractivity contribution in [1.29, 1.82) is 0 Å². The zero-order chi connectivity index (χ0) is 14.9. The summed E-state index contributed by atoms with van der Waals surface area (Å²) in [6.07, 6.45) is 3.51. The van der Waals surface area contributed by atoms with Crippen molar-refractivity contribution in [3.63, 3.8) is 0 Å². The van der Waals surface area contributed by atoms with Gasteiger partial charge in [-0.15, -0.1) is 11.3 Å². The smallest absolute Gasteiger partial charge is 0.213 e. The van der Waals surface area contributed by atoms with Gasteiger partial charge < -0.3 is 5.32 Å². The molecule has 1 aliphatic rings. The van der Waals surface area contributed by atoms with Crippen LogP contribution in [0, 0.1) is 0 Å². The van der Waals surface area contributed by atoms with Crippen LogP contribution in [0.3, 0.4) is 0 Å². The molecular formula is C15H18N2O2S2. The first-order valence-electron chi connectivity index (χ1n) is 6.93. The highest BCUT2D eigenvalue weighted by Gasteiger charge is 2.20. The van der Waals surface area contributed by atoms with Crippen molar-refractivity contribution < 1.29 is 8.42 Å². The van der Waals surface area contributed by atoms with E-state index in [1.807, 2.05) is 35.6 Å². The third-order valence-corrected chi connectivity index (χ3v) is 5.45. The van der Waals surface area contributed by atoms with Crippen LogP contribution in [0.4, 0.5) is 5.69 Å². The lowest BCUT2D eigenvalue weighted by atomic mass is 9.94. The van der Waals surface area contributed by atoms with E-state index >= 15 is 0 Å². The van der Waals surface area contributed by atoms with E-state index in [1.165, 1.54) is 23.3 Å². The largest absolute Gasteiger partial charge is 0.378 e. The average molecular weight is 322 g/mol. The first-order chi connectivity index (χ1) is 10.0. The third-order valence-electron chi connectivity index (χ3n) is 3.71. The van der Waals surface area contributed by atoms with Gasteiger partial charge in [-0.1, -0.05) is 12.1 Å². The fourth-order valence-electron chi connectivity index (χ4n) is 2.77. The Balaban J connectivity index is 1.72. The number of nitrogens with one attached hydrogen (secondary N) is 1. The van der Waals surface area contributed by atoms with Gasteiger partial charge in [0.1, 0.15) is 0 Å². The van der Waals surface area contributed by atoms with Crippen LogP contribution in [0.15, 0.2) is 35.7 Å². The standard InChI is InChI=1S/C15H18N2O2S2/c16-21(18,19)10-11-4-6-12(7-5-11)17-14-2-1-3-15-13(14)8-9-20-15/h4-9,14,17H,1-3,10H2,(H2,16,18,19). The summed E-state index contributed by atoms with van der Waals surface area (Å²) >= 11 is 1.83. The molecule has 2 aromatic rings. The summed E-state index contributed by atoms with van der Waals surface area (Å²) in [6.45, 7) is 0. The zero-order valence-corrected chi connectivity index (χ0v) is 13.2. The Labute approximate surface area is 129 Å². The molecule has 6 heteroatoms. The normalized spacial score (nSPS) is 18.2. The number of anilines is 1. The molecule has 1 atom stereocenters. The van der Waals surface area contributed by atoms with E-state index in [1.54, 1.807) is 0 Å². The molecule has 0 spiro atoms. The highest BCUT2D eigenvalue weighted by Crippen LogP contribution is 2.35. The monoisotopic (exact) mass is 322 g/mol. The van der Waals surface area contributed by atoms with Crippen molar-refractivity contribution in [2.75, 3.05) is 5.32 Å². The molecule has 0 aliphatic heterocycles. The Bertz CT molecular complexity index is 720. The molecule has 3 N–H and O–H groups in total. The summed E-state index contributed by atoms with van der Waals surface area (Å²) in [5.41, 5.74) is 3.12. The van der Waals surface area contributed by atoms with Gasteiger partial charge in [0.2, 0.25) is 10.0 Å². The number of thiophene rings is 1. The van der Waals surface area contributed by atoms with E-state index in [4.69, 9.17) is 5.14 Å². The minimum absolute atomic E-state index is 0.120. The van der Waals surface area contributed by atoms with Crippen molar-refractivity contribution in [3.8, 4) is 0 Å². The molecule has 1 aromatic carbocycles. The molecule has 0 fully saturated rings. The summed E-state index contributed by atoms with van der Waals surface area (Å²) < 4.78 is 22.1. The summed E-state index contributed by atoms with van der Waals surface area (Å²) in [5, 5.41) is 10.7. The van der Waals surface area contributed by atoms with Crippen molar-refractivity contribution in [2.24, 2.45) is 5.14 Å². The summed E-state index contributed by atoms with van der Waals surface area (Å²) in [5.74, 6) is -0.120. The van der Waals surface area contributed by atoms with Crippen LogP contribution in [-0.4, -0.2) is 8.42 Å². The Kier molecular flexibility index (Phi) is 4.01. The fourth-order valence-corrected chi connectivity index (χ4v) is 4.41.